The van der Waals surface area contributed by atoms with Crippen LogP contribution in [0.25, 0.3) is 0 Å². The first-order valence-corrected chi connectivity index (χ1v) is 8.48. The first-order valence-electron chi connectivity index (χ1n) is 8.48. The van der Waals surface area contributed by atoms with E-state index in [0.29, 0.717) is 28.7 Å². The van der Waals surface area contributed by atoms with Crippen LogP contribution < -0.4 is 25.1 Å². The zero-order chi connectivity index (χ0) is 19.8. The minimum Gasteiger partial charge on any atom is -0.493 e. The fraction of sp³-hybridized carbons (Fsp3) is 0.300. The lowest BCUT2D eigenvalue weighted by Gasteiger charge is -2.11. The van der Waals surface area contributed by atoms with Crippen LogP contribution in [0.1, 0.15) is 35.7 Å². The molecule has 0 aliphatic rings. The van der Waals surface area contributed by atoms with E-state index in [-0.39, 0.29) is 6.61 Å². The maximum atomic E-state index is 12.1. The highest BCUT2D eigenvalue weighted by molar-refractivity contribution is 5.96. The standard InChI is InChI=1S/C20H24N2O5/c1-13(2)14-5-8-16(9-6-14)27-12-19(23)21-22-20(24)15-7-10-17(25-3)18(11-15)26-4/h5-11,13H,12H2,1-4H3,(H,21,23)(H,22,24). The van der Waals surface area contributed by atoms with Crippen LogP contribution in [0.3, 0.4) is 0 Å². The summed E-state index contributed by atoms with van der Waals surface area (Å²) in [6, 6.07) is 12.2. The number of carbonyl (C=O) groups excluding carboxylic acids is 2. The molecular weight excluding hydrogens is 348 g/mol. The monoisotopic (exact) mass is 372 g/mol. The van der Waals surface area contributed by atoms with Gasteiger partial charge < -0.3 is 14.2 Å². The Morgan fingerprint density at radius 1 is 0.926 bits per heavy atom. The van der Waals surface area contributed by atoms with Crippen molar-refractivity contribution in [3.8, 4) is 17.2 Å². The first-order chi connectivity index (χ1) is 12.9. The predicted octanol–water partition coefficient (Wildman–Crippen LogP) is 2.67. The van der Waals surface area contributed by atoms with Gasteiger partial charge in [0.15, 0.2) is 18.1 Å². The average Bonchev–Trinajstić information content (AvgIpc) is 2.70. The number of nitrogens with one attached hydrogen (secondary N) is 2. The van der Waals surface area contributed by atoms with Crippen LogP contribution in [0, 0.1) is 0 Å². The third-order valence-electron chi connectivity index (χ3n) is 3.88. The summed E-state index contributed by atoms with van der Waals surface area (Å²) >= 11 is 0. The molecule has 0 aliphatic carbocycles. The normalized spacial score (nSPS) is 10.3. The number of ether oxygens (including phenoxy) is 3. The summed E-state index contributed by atoms with van der Waals surface area (Å²) in [5.74, 6) is 0.983. The van der Waals surface area contributed by atoms with Crippen molar-refractivity contribution in [1.82, 2.24) is 10.9 Å². The summed E-state index contributed by atoms with van der Waals surface area (Å²) in [5, 5.41) is 0. The number of amides is 2. The van der Waals surface area contributed by atoms with Gasteiger partial charge in [0.25, 0.3) is 11.8 Å². The summed E-state index contributed by atoms with van der Waals surface area (Å²) in [6.07, 6.45) is 0. The predicted molar refractivity (Wildman–Crippen MR) is 101 cm³/mol. The minimum atomic E-state index is -0.481. The molecule has 0 aliphatic heterocycles. The van der Waals surface area contributed by atoms with Gasteiger partial charge in [-0.2, -0.15) is 0 Å². The molecular formula is C20H24N2O5. The number of carbonyl (C=O) groups is 2. The van der Waals surface area contributed by atoms with E-state index in [0.717, 1.165) is 0 Å². The maximum Gasteiger partial charge on any atom is 0.276 e. The van der Waals surface area contributed by atoms with E-state index in [4.69, 9.17) is 14.2 Å². The van der Waals surface area contributed by atoms with Gasteiger partial charge in [-0.05, 0) is 41.8 Å². The van der Waals surface area contributed by atoms with Gasteiger partial charge in [0.1, 0.15) is 5.75 Å². The van der Waals surface area contributed by atoms with Crippen molar-refractivity contribution in [2.75, 3.05) is 20.8 Å². The molecule has 0 heterocycles. The minimum absolute atomic E-state index is 0.215. The smallest absolute Gasteiger partial charge is 0.276 e. The van der Waals surface area contributed by atoms with Crippen molar-refractivity contribution in [3.05, 3.63) is 53.6 Å². The Morgan fingerprint density at radius 2 is 1.59 bits per heavy atom. The van der Waals surface area contributed by atoms with Crippen LogP contribution in [0.4, 0.5) is 0 Å². The molecule has 0 radical (unpaired) electrons. The molecule has 0 fully saturated rings. The largest absolute Gasteiger partial charge is 0.493 e. The van der Waals surface area contributed by atoms with Crippen LogP contribution >= 0.6 is 0 Å². The Morgan fingerprint density at radius 3 is 2.19 bits per heavy atom. The van der Waals surface area contributed by atoms with Crippen molar-refractivity contribution < 1.29 is 23.8 Å². The van der Waals surface area contributed by atoms with Gasteiger partial charge in [-0.25, -0.2) is 0 Å². The van der Waals surface area contributed by atoms with Gasteiger partial charge in [0, 0.05) is 5.56 Å². The van der Waals surface area contributed by atoms with Crippen LogP contribution in [0.5, 0.6) is 17.2 Å². The van der Waals surface area contributed by atoms with E-state index in [1.807, 2.05) is 24.3 Å². The summed E-state index contributed by atoms with van der Waals surface area (Å²) in [4.78, 5) is 24.0. The molecule has 0 spiro atoms. The number of hydrazine groups is 1. The van der Waals surface area contributed by atoms with Gasteiger partial charge in [-0.1, -0.05) is 26.0 Å². The average molecular weight is 372 g/mol. The fourth-order valence-electron chi connectivity index (χ4n) is 2.31. The van der Waals surface area contributed by atoms with Crippen LogP contribution in [0.15, 0.2) is 42.5 Å². The van der Waals surface area contributed by atoms with E-state index in [1.165, 1.54) is 25.8 Å². The molecule has 0 atom stereocenters. The number of methoxy groups -OCH3 is 2. The lowest BCUT2D eigenvalue weighted by atomic mass is 10.0. The lowest BCUT2D eigenvalue weighted by Crippen LogP contribution is -2.43. The first kappa shape index (κ1) is 20.1. The quantitative estimate of drug-likeness (QED) is 0.730. The highest BCUT2D eigenvalue weighted by atomic mass is 16.5. The number of hydrogen-bond acceptors (Lipinski definition) is 5. The van der Waals surface area contributed by atoms with E-state index >= 15 is 0 Å². The van der Waals surface area contributed by atoms with Crippen LogP contribution in [0.2, 0.25) is 0 Å². The van der Waals surface area contributed by atoms with Gasteiger partial charge in [-0.3, -0.25) is 20.4 Å². The highest BCUT2D eigenvalue weighted by Crippen LogP contribution is 2.27. The Hall–Kier alpha value is -3.22. The Bertz CT molecular complexity index is 787. The second kappa shape index (κ2) is 9.47. The molecule has 2 N–H and O–H groups in total. The van der Waals surface area contributed by atoms with Gasteiger partial charge >= 0.3 is 0 Å². The van der Waals surface area contributed by atoms with E-state index in [9.17, 15) is 9.59 Å². The van der Waals surface area contributed by atoms with Crippen molar-refractivity contribution in [1.29, 1.82) is 0 Å². The molecule has 0 saturated heterocycles. The molecule has 7 heteroatoms. The van der Waals surface area contributed by atoms with Crippen molar-refractivity contribution in [2.45, 2.75) is 19.8 Å². The summed E-state index contributed by atoms with van der Waals surface area (Å²) in [5.41, 5.74) is 6.15. The lowest BCUT2D eigenvalue weighted by molar-refractivity contribution is -0.123. The Kier molecular flexibility index (Phi) is 7.05. The summed E-state index contributed by atoms with van der Waals surface area (Å²) in [7, 11) is 2.99. The third kappa shape index (κ3) is 5.64. The van der Waals surface area contributed by atoms with Gasteiger partial charge in [0.2, 0.25) is 0 Å². The molecule has 0 saturated carbocycles. The Labute approximate surface area is 158 Å². The molecule has 7 nitrogen and oxygen atoms in total. The van der Waals surface area contributed by atoms with Crippen LogP contribution in [-0.4, -0.2) is 32.6 Å². The summed E-state index contributed by atoms with van der Waals surface area (Å²) < 4.78 is 15.7. The molecule has 27 heavy (non-hydrogen) atoms. The second-order valence-corrected chi connectivity index (χ2v) is 6.08. The number of rotatable bonds is 7. The second-order valence-electron chi connectivity index (χ2n) is 6.08. The van der Waals surface area contributed by atoms with E-state index in [2.05, 4.69) is 24.7 Å². The molecule has 0 unspecified atom stereocenters. The third-order valence-corrected chi connectivity index (χ3v) is 3.88. The molecule has 2 rings (SSSR count). The van der Waals surface area contributed by atoms with E-state index in [1.54, 1.807) is 12.1 Å². The molecule has 144 valence electrons. The van der Waals surface area contributed by atoms with E-state index < -0.39 is 11.8 Å². The fourth-order valence-corrected chi connectivity index (χ4v) is 2.31. The molecule has 0 bridgehead atoms. The molecule has 2 amide bonds. The van der Waals surface area contributed by atoms with Crippen LogP contribution in [-0.2, 0) is 4.79 Å². The maximum absolute atomic E-state index is 12.1. The SMILES string of the molecule is COc1ccc(C(=O)NNC(=O)COc2ccc(C(C)C)cc2)cc1OC. The highest BCUT2D eigenvalue weighted by Gasteiger charge is 2.12. The van der Waals surface area contributed by atoms with Gasteiger partial charge in [0.05, 0.1) is 14.2 Å². The van der Waals surface area contributed by atoms with Crippen molar-refractivity contribution in [3.63, 3.8) is 0 Å². The topological polar surface area (TPSA) is 85.9 Å². The zero-order valence-electron chi connectivity index (χ0n) is 15.9. The molecule has 2 aromatic rings. The number of benzene rings is 2. The zero-order valence-corrected chi connectivity index (χ0v) is 15.9. The van der Waals surface area contributed by atoms with Gasteiger partial charge in [-0.15, -0.1) is 0 Å². The van der Waals surface area contributed by atoms with Crippen molar-refractivity contribution >= 4 is 11.8 Å². The Balaban J connectivity index is 1.83. The molecule has 2 aromatic carbocycles. The molecule has 0 aromatic heterocycles. The summed E-state index contributed by atoms with van der Waals surface area (Å²) in [6.45, 7) is 3.99. The number of hydrogen-bond donors (Lipinski definition) is 2. The van der Waals surface area contributed by atoms with Crippen molar-refractivity contribution in [2.24, 2.45) is 0 Å².